The minimum atomic E-state index is -0.431. The maximum absolute atomic E-state index is 13.1. The van der Waals surface area contributed by atoms with Crippen LogP contribution in [-0.4, -0.2) is 0 Å². The molecule has 0 aliphatic carbocycles. The molecule has 0 aliphatic heterocycles. The molecule has 16 heavy (non-hydrogen) atoms. The number of halogens is 1. The van der Waals surface area contributed by atoms with Gasteiger partial charge in [0.1, 0.15) is 5.82 Å². The topological polar surface area (TPSA) is 26.0 Å². The molecular weight excluding hydrogens is 201 g/mol. The molecule has 0 spiro atoms. The van der Waals surface area contributed by atoms with E-state index in [0.29, 0.717) is 5.56 Å². The van der Waals surface area contributed by atoms with Gasteiger partial charge < -0.3 is 5.73 Å². The first-order valence-electron chi connectivity index (χ1n) is 4.88. The lowest BCUT2D eigenvalue weighted by molar-refractivity contribution is 0.632. The Morgan fingerprint density at radius 3 is 2.25 bits per heavy atom. The third-order valence-corrected chi connectivity index (χ3v) is 2.13. The molecule has 0 saturated carbocycles. The Morgan fingerprint density at radius 2 is 1.56 bits per heavy atom. The Bertz CT molecular complexity index is 550. The fourth-order valence-electron chi connectivity index (χ4n) is 1.27. The van der Waals surface area contributed by atoms with Crippen LogP contribution in [0.25, 0.3) is 0 Å². The van der Waals surface area contributed by atoms with Crippen molar-refractivity contribution in [3.8, 4) is 11.8 Å². The molecule has 0 aromatic heterocycles. The maximum Gasteiger partial charge on any atom is 0.147 e. The van der Waals surface area contributed by atoms with Crippen molar-refractivity contribution in [2.75, 3.05) is 5.73 Å². The summed E-state index contributed by atoms with van der Waals surface area (Å²) in [5.41, 5.74) is 7.04. The van der Waals surface area contributed by atoms with Gasteiger partial charge in [0.2, 0.25) is 0 Å². The average molecular weight is 211 g/mol. The lowest BCUT2D eigenvalue weighted by Crippen LogP contribution is -1.90. The monoisotopic (exact) mass is 211 g/mol. The Kier molecular flexibility index (Phi) is 2.88. The van der Waals surface area contributed by atoms with Crippen LogP contribution in [-0.2, 0) is 0 Å². The summed E-state index contributed by atoms with van der Waals surface area (Å²) in [6, 6.07) is 14.1. The zero-order valence-electron chi connectivity index (χ0n) is 8.57. The van der Waals surface area contributed by atoms with Crippen LogP contribution in [0.4, 0.5) is 10.1 Å². The SMILES string of the molecule is Nc1ccc(C#Cc2ccccc2)cc1F. The molecule has 0 unspecified atom stereocenters. The molecule has 2 aromatic carbocycles. The summed E-state index contributed by atoms with van der Waals surface area (Å²) >= 11 is 0. The smallest absolute Gasteiger partial charge is 0.147 e. The zero-order chi connectivity index (χ0) is 11.4. The molecule has 78 valence electrons. The Hall–Kier alpha value is -2.27. The van der Waals surface area contributed by atoms with Crippen molar-refractivity contribution in [1.29, 1.82) is 0 Å². The van der Waals surface area contributed by atoms with E-state index in [0.717, 1.165) is 5.56 Å². The number of anilines is 1. The van der Waals surface area contributed by atoms with Gasteiger partial charge in [0.15, 0.2) is 0 Å². The van der Waals surface area contributed by atoms with Crippen LogP contribution in [0.1, 0.15) is 11.1 Å². The first-order chi connectivity index (χ1) is 7.75. The largest absolute Gasteiger partial charge is 0.396 e. The van der Waals surface area contributed by atoms with Crippen molar-refractivity contribution in [2.45, 2.75) is 0 Å². The van der Waals surface area contributed by atoms with Crippen LogP contribution in [0.3, 0.4) is 0 Å². The lowest BCUT2D eigenvalue weighted by atomic mass is 10.1. The second-order valence-electron chi connectivity index (χ2n) is 3.35. The number of benzene rings is 2. The van der Waals surface area contributed by atoms with Gasteiger partial charge in [-0.05, 0) is 30.3 Å². The first-order valence-corrected chi connectivity index (χ1v) is 4.88. The van der Waals surface area contributed by atoms with E-state index in [1.54, 1.807) is 6.07 Å². The van der Waals surface area contributed by atoms with E-state index in [2.05, 4.69) is 11.8 Å². The highest BCUT2D eigenvalue weighted by molar-refractivity contribution is 5.48. The van der Waals surface area contributed by atoms with Gasteiger partial charge in [0, 0.05) is 11.1 Å². The third kappa shape index (κ3) is 2.40. The van der Waals surface area contributed by atoms with Gasteiger partial charge in [-0.25, -0.2) is 4.39 Å². The van der Waals surface area contributed by atoms with E-state index >= 15 is 0 Å². The number of rotatable bonds is 0. The fourth-order valence-corrected chi connectivity index (χ4v) is 1.27. The third-order valence-electron chi connectivity index (χ3n) is 2.13. The molecule has 2 N–H and O–H groups in total. The summed E-state index contributed by atoms with van der Waals surface area (Å²) in [5.74, 6) is 5.40. The highest BCUT2D eigenvalue weighted by atomic mass is 19.1. The van der Waals surface area contributed by atoms with Gasteiger partial charge in [0.05, 0.1) is 5.69 Å². The highest BCUT2D eigenvalue weighted by Gasteiger charge is 1.96. The van der Waals surface area contributed by atoms with Crippen LogP contribution < -0.4 is 5.73 Å². The maximum atomic E-state index is 13.1. The predicted octanol–water partition coefficient (Wildman–Crippen LogP) is 2.81. The normalized spacial score (nSPS) is 9.31. The fraction of sp³-hybridized carbons (Fsp3) is 0. The van der Waals surface area contributed by atoms with Crippen molar-refractivity contribution in [1.82, 2.24) is 0 Å². The summed E-state index contributed by atoms with van der Waals surface area (Å²) in [7, 11) is 0. The second kappa shape index (κ2) is 4.50. The minimum absolute atomic E-state index is 0.144. The van der Waals surface area contributed by atoms with Crippen LogP contribution >= 0.6 is 0 Å². The standard InChI is InChI=1S/C14H10FN/c15-13-10-12(8-9-14(13)16)7-6-11-4-2-1-3-5-11/h1-5,8-10H,16H2. The highest BCUT2D eigenvalue weighted by Crippen LogP contribution is 2.11. The quantitative estimate of drug-likeness (QED) is 0.526. The molecule has 1 nitrogen and oxygen atoms in total. The van der Waals surface area contributed by atoms with Gasteiger partial charge >= 0.3 is 0 Å². The minimum Gasteiger partial charge on any atom is -0.396 e. The Morgan fingerprint density at radius 1 is 0.875 bits per heavy atom. The van der Waals surface area contributed by atoms with Crippen molar-refractivity contribution in [2.24, 2.45) is 0 Å². The summed E-state index contributed by atoms with van der Waals surface area (Å²) in [6.07, 6.45) is 0. The molecule has 0 heterocycles. The van der Waals surface area contributed by atoms with Gasteiger partial charge in [-0.15, -0.1) is 0 Å². The molecule has 0 bridgehead atoms. The summed E-state index contributed by atoms with van der Waals surface area (Å²) in [6.45, 7) is 0. The van der Waals surface area contributed by atoms with Crippen molar-refractivity contribution < 1.29 is 4.39 Å². The molecule has 0 saturated heterocycles. The van der Waals surface area contributed by atoms with E-state index in [-0.39, 0.29) is 5.69 Å². The number of nitrogen functional groups attached to an aromatic ring is 1. The molecular formula is C14H10FN. The number of hydrogen-bond acceptors (Lipinski definition) is 1. The molecule has 0 atom stereocenters. The van der Waals surface area contributed by atoms with Gasteiger partial charge in [-0.3, -0.25) is 0 Å². The van der Waals surface area contributed by atoms with E-state index in [1.807, 2.05) is 30.3 Å². The van der Waals surface area contributed by atoms with E-state index in [4.69, 9.17) is 5.73 Å². The molecule has 2 aromatic rings. The van der Waals surface area contributed by atoms with Crippen molar-refractivity contribution in [3.05, 3.63) is 65.5 Å². The van der Waals surface area contributed by atoms with E-state index < -0.39 is 5.82 Å². The summed E-state index contributed by atoms with van der Waals surface area (Å²) in [4.78, 5) is 0. The molecule has 2 heteroatoms. The van der Waals surface area contributed by atoms with Crippen molar-refractivity contribution in [3.63, 3.8) is 0 Å². The van der Waals surface area contributed by atoms with Gasteiger partial charge in [-0.2, -0.15) is 0 Å². The molecule has 0 radical (unpaired) electrons. The average Bonchev–Trinajstić information content (AvgIpc) is 2.32. The van der Waals surface area contributed by atoms with Crippen LogP contribution in [0.2, 0.25) is 0 Å². The molecule has 0 amide bonds. The molecule has 0 aliphatic rings. The van der Waals surface area contributed by atoms with E-state index in [1.165, 1.54) is 12.1 Å². The summed E-state index contributed by atoms with van der Waals surface area (Å²) < 4.78 is 13.1. The van der Waals surface area contributed by atoms with Crippen LogP contribution in [0, 0.1) is 17.7 Å². The van der Waals surface area contributed by atoms with Crippen LogP contribution in [0.5, 0.6) is 0 Å². The molecule has 2 rings (SSSR count). The Labute approximate surface area is 93.7 Å². The number of nitrogens with two attached hydrogens (primary N) is 1. The van der Waals surface area contributed by atoms with E-state index in [9.17, 15) is 4.39 Å². The van der Waals surface area contributed by atoms with Gasteiger partial charge in [0.25, 0.3) is 0 Å². The molecule has 0 fully saturated rings. The first kappa shape index (κ1) is 10.3. The summed E-state index contributed by atoms with van der Waals surface area (Å²) in [5, 5.41) is 0. The number of hydrogen-bond donors (Lipinski definition) is 1. The second-order valence-corrected chi connectivity index (χ2v) is 3.35. The zero-order valence-corrected chi connectivity index (χ0v) is 8.57. The predicted molar refractivity (Wildman–Crippen MR) is 63.2 cm³/mol. The van der Waals surface area contributed by atoms with Crippen LogP contribution in [0.15, 0.2) is 48.5 Å². The van der Waals surface area contributed by atoms with Gasteiger partial charge in [-0.1, -0.05) is 30.0 Å². The Balaban J connectivity index is 2.28. The van der Waals surface area contributed by atoms with Crippen molar-refractivity contribution >= 4 is 5.69 Å². The lowest BCUT2D eigenvalue weighted by Gasteiger charge is -1.95.